The molecule has 0 saturated heterocycles. The average molecular weight is 317 g/mol. The van der Waals surface area contributed by atoms with Gasteiger partial charge >= 0.3 is 0 Å². The van der Waals surface area contributed by atoms with E-state index in [0.29, 0.717) is 33.8 Å². The van der Waals surface area contributed by atoms with Gasteiger partial charge in [0.05, 0.1) is 12.8 Å². The van der Waals surface area contributed by atoms with Crippen LogP contribution in [0.1, 0.15) is 0 Å². The Labute approximate surface area is 131 Å². The van der Waals surface area contributed by atoms with E-state index in [1.165, 1.54) is 6.33 Å². The molecule has 0 amide bonds. The predicted molar refractivity (Wildman–Crippen MR) is 84.9 cm³/mol. The molecule has 7 nitrogen and oxygen atoms in total. The third kappa shape index (κ3) is 2.66. The number of anilines is 3. The highest BCUT2D eigenvalue weighted by Crippen LogP contribution is 2.32. The Kier molecular flexibility index (Phi) is 3.80. The van der Waals surface area contributed by atoms with Gasteiger partial charge < -0.3 is 15.8 Å². The second kappa shape index (κ2) is 5.90. The summed E-state index contributed by atoms with van der Waals surface area (Å²) in [5.74, 6) is 1.63. The zero-order chi connectivity index (χ0) is 15.5. The number of hydrogen-bond donors (Lipinski definition) is 2. The third-order valence-corrected chi connectivity index (χ3v) is 3.26. The molecule has 1 aromatic carbocycles. The second-order valence-corrected chi connectivity index (χ2v) is 4.84. The van der Waals surface area contributed by atoms with Crippen molar-refractivity contribution >= 4 is 28.8 Å². The number of methoxy groups -OCH3 is 1. The molecule has 22 heavy (non-hydrogen) atoms. The number of halogens is 1. The fraction of sp³-hybridized carbons (Fsp3) is 0.0714. The minimum absolute atomic E-state index is 0.391. The van der Waals surface area contributed by atoms with Crippen molar-refractivity contribution in [1.82, 2.24) is 19.5 Å². The molecule has 112 valence electrons. The van der Waals surface area contributed by atoms with E-state index in [4.69, 9.17) is 22.1 Å². The van der Waals surface area contributed by atoms with Gasteiger partial charge in [0.1, 0.15) is 24.1 Å². The number of imidazole rings is 1. The van der Waals surface area contributed by atoms with Gasteiger partial charge in [-0.2, -0.15) is 0 Å². The van der Waals surface area contributed by atoms with Crippen LogP contribution in [0.3, 0.4) is 0 Å². The Morgan fingerprint density at radius 2 is 2.18 bits per heavy atom. The molecule has 0 spiro atoms. The highest BCUT2D eigenvalue weighted by atomic mass is 35.5. The number of nitrogens with one attached hydrogen (secondary N) is 1. The predicted octanol–water partition coefficient (Wildman–Crippen LogP) is 2.65. The Morgan fingerprint density at radius 1 is 1.32 bits per heavy atom. The van der Waals surface area contributed by atoms with Crippen molar-refractivity contribution in [3.8, 4) is 11.6 Å². The molecule has 0 atom stereocenters. The summed E-state index contributed by atoms with van der Waals surface area (Å²) in [4.78, 5) is 12.3. The summed E-state index contributed by atoms with van der Waals surface area (Å²) < 4.78 is 7.00. The first-order valence-electron chi connectivity index (χ1n) is 6.38. The summed E-state index contributed by atoms with van der Waals surface area (Å²) in [6, 6.07) is 5.24. The number of hydrogen-bond acceptors (Lipinski definition) is 6. The van der Waals surface area contributed by atoms with Crippen LogP contribution in [0, 0.1) is 0 Å². The summed E-state index contributed by atoms with van der Waals surface area (Å²) in [7, 11) is 1.58. The van der Waals surface area contributed by atoms with E-state index in [0.717, 1.165) is 0 Å². The van der Waals surface area contributed by atoms with Gasteiger partial charge in [-0.15, -0.1) is 0 Å². The molecule has 0 aliphatic carbocycles. The highest BCUT2D eigenvalue weighted by Gasteiger charge is 2.12. The molecule has 0 saturated carbocycles. The number of rotatable bonds is 4. The molecular weight excluding hydrogens is 304 g/mol. The molecule has 8 heteroatoms. The quantitative estimate of drug-likeness (QED) is 0.769. The second-order valence-electron chi connectivity index (χ2n) is 4.40. The summed E-state index contributed by atoms with van der Waals surface area (Å²) >= 11 is 6.02. The molecule has 2 heterocycles. The maximum Gasteiger partial charge on any atom is 0.166 e. The van der Waals surface area contributed by atoms with Crippen molar-refractivity contribution in [2.24, 2.45) is 0 Å². The van der Waals surface area contributed by atoms with Crippen molar-refractivity contribution in [3.05, 3.63) is 48.3 Å². The largest absolute Gasteiger partial charge is 0.495 e. The Morgan fingerprint density at radius 3 is 2.91 bits per heavy atom. The number of nitrogens with zero attached hydrogens (tertiary/aromatic N) is 4. The van der Waals surface area contributed by atoms with Crippen LogP contribution < -0.4 is 15.8 Å². The van der Waals surface area contributed by atoms with Crippen molar-refractivity contribution in [1.29, 1.82) is 0 Å². The molecule has 0 fully saturated rings. The Balaban J connectivity index is 2.00. The van der Waals surface area contributed by atoms with Gasteiger partial charge in [0.2, 0.25) is 0 Å². The average Bonchev–Trinajstić information content (AvgIpc) is 3.04. The maximum atomic E-state index is 6.14. The number of benzene rings is 1. The van der Waals surface area contributed by atoms with Crippen molar-refractivity contribution < 1.29 is 4.74 Å². The number of aromatic nitrogens is 4. The van der Waals surface area contributed by atoms with E-state index < -0.39 is 0 Å². The standard InChI is InChI=1S/C14H13ClN6O/c1-22-11-3-2-9(15)6-10(11)20-13-12(16)14(19-7-18-13)21-5-4-17-8-21/h2-8H,16H2,1H3,(H,18,19,20). The summed E-state index contributed by atoms with van der Waals surface area (Å²) in [5, 5.41) is 3.69. The van der Waals surface area contributed by atoms with E-state index in [1.54, 1.807) is 48.6 Å². The Bertz CT molecular complexity index is 790. The topological polar surface area (TPSA) is 90.9 Å². The highest BCUT2D eigenvalue weighted by molar-refractivity contribution is 6.31. The van der Waals surface area contributed by atoms with E-state index in [9.17, 15) is 0 Å². The van der Waals surface area contributed by atoms with Crippen molar-refractivity contribution in [2.75, 3.05) is 18.2 Å². The smallest absolute Gasteiger partial charge is 0.166 e. The van der Waals surface area contributed by atoms with E-state index in [2.05, 4.69) is 20.3 Å². The van der Waals surface area contributed by atoms with Gasteiger partial charge in [0, 0.05) is 17.4 Å². The maximum absolute atomic E-state index is 6.14. The monoisotopic (exact) mass is 316 g/mol. The fourth-order valence-electron chi connectivity index (χ4n) is 1.98. The van der Waals surface area contributed by atoms with Crippen LogP contribution in [0.2, 0.25) is 5.02 Å². The van der Waals surface area contributed by atoms with Crippen LogP contribution in [-0.4, -0.2) is 26.6 Å². The van der Waals surface area contributed by atoms with Gasteiger partial charge in [-0.05, 0) is 18.2 Å². The molecular formula is C14H13ClN6O. The van der Waals surface area contributed by atoms with Gasteiger partial charge in [-0.25, -0.2) is 15.0 Å². The SMILES string of the molecule is COc1ccc(Cl)cc1Nc1ncnc(-n2ccnc2)c1N. The first-order chi connectivity index (χ1) is 10.7. The molecule has 0 radical (unpaired) electrons. The van der Waals surface area contributed by atoms with Crippen molar-refractivity contribution in [2.45, 2.75) is 0 Å². The number of nitrogens with two attached hydrogens (primary N) is 1. The fourth-order valence-corrected chi connectivity index (χ4v) is 2.15. The van der Waals surface area contributed by atoms with Crippen LogP contribution in [0.4, 0.5) is 17.2 Å². The van der Waals surface area contributed by atoms with Crippen LogP contribution in [0.25, 0.3) is 5.82 Å². The van der Waals surface area contributed by atoms with Crippen LogP contribution in [0.5, 0.6) is 5.75 Å². The van der Waals surface area contributed by atoms with Gasteiger partial charge in [-0.1, -0.05) is 11.6 Å². The van der Waals surface area contributed by atoms with Gasteiger partial charge in [-0.3, -0.25) is 4.57 Å². The molecule has 0 aliphatic rings. The number of ether oxygens (including phenoxy) is 1. The number of nitrogen functional groups attached to an aromatic ring is 1. The lowest BCUT2D eigenvalue weighted by atomic mass is 10.3. The first kappa shape index (κ1) is 14.2. The molecule has 0 unspecified atom stereocenters. The molecule has 0 aliphatic heterocycles. The van der Waals surface area contributed by atoms with Crippen molar-refractivity contribution in [3.63, 3.8) is 0 Å². The minimum atomic E-state index is 0.391. The van der Waals surface area contributed by atoms with Crippen LogP contribution >= 0.6 is 11.6 Å². The molecule has 3 N–H and O–H groups in total. The van der Waals surface area contributed by atoms with Gasteiger partial charge in [0.15, 0.2) is 11.6 Å². The lowest BCUT2D eigenvalue weighted by Crippen LogP contribution is -2.07. The summed E-state index contributed by atoms with van der Waals surface area (Å²) in [6.45, 7) is 0. The lowest BCUT2D eigenvalue weighted by molar-refractivity contribution is 0.417. The summed E-state index contributed by atoms with van der Waals surface area (Å²) in [5.41, 5.74) is 7.20. The summed E-state index contributed by atoms with van der Waals surface area (Å²) in [6.07, 6.45) is 6.44. The van der Waals surface area contributed by atoms with Gasteiger partial charge in [0.25, 0.3) is 0 Å². The van der Waals surface area contributed by atoms with E-state index in [-0.39, 0.29) is 0 Å². The first-order valence-corrected chi connectivity index (χ1v) is 6.76. The zero-order valence-electron chi connectivity index (χ0n) is 11.7. The lowest BCUT2D eigenvalue weighted by Gasteiger charge is -2.14. The molecule has 0 bridgehead atoms. The minimum Gasteiger partial charge on any atom is -0.495 e. The third-order valence-electron chi connectivity index (χ3n) is 3.03. The molecule has 2 aromatic heterocycles. The zero-order valence-corrected chi connectivity index (χ0v) is 12.4. The van der Waals surface area contributed by atoms with E-state index >= 15 is 0 Å². The van der Waals surface area contributed by atoms with E-state index in [1.807, 2.05) is 0 Å². The van der Waals surface area contributed by atoms with Crippen LogP contribution in [0.15, 0.2) is 43.2 Å². The Hall–Kier alpha value is -2.80. The molecule has 3 rings (SSSR count). The normalized spacial score (nSPS) is 10.5. The molecule has 3 aromatic rings. The van der Waals surface area contributed by atoms with Crippen LogP contribution in [-0.2, 0) is 0 Å².